The second kappa shape index (κ2) is 3.41. The fourth-order valence-electron chi connectivity index (χ4n) is 0.972. The fourth-order valence-corrected chi connectivity index (χ4v) is 1.90. The normalized spacial score (nSPS) is 13.1. The van der Waals surface area contributed by atoms with Gasteiger partial charge < -0.3 is 10.0 Å². The van der Waals surface area contributed by atoms with Crippen LogP contribution in [0, 0.1) is 6.92 Å². The first kappa shape index (κ1) is 9.48. The lowest BCUT2D eigenvalue weighted by atomic mass is 10.3. The van der Waals surface area contributed by atoms with Crippen LogP contribution in [0.5, 0.6) is 0 Å². The van der Waals surface area contributed by atoms with Crippen LogP contribution < -0.4 is 4.90 Å². The molecule has 1 aromatic rings. The lowest BCUT2D eigenvalue weighted by Gasteiger charge is -2.05. The van der Waals surface area contributed by atoms with E-state index in [-0.39, 0.29) is 0 Å². The van der Waals surface area contributed by atoms with Gasteiger partial charge in [-0.15, -0.1) is 0 Å². The molecule has 1 N–H and O–H groups in total. The maximum absolute atomic E-state index is 9.35. The molecule has 1 rings (SSSR count). The molecule has 0 saturated carbocycles. The Hall–Kier alpha value is -0.610. The van der Waals surface area contributed by atoms with Crippen LogP contribution in [0.2, 0.25) is 0 Å². The van der Waals surface area contributed by atoms with E-state index in [1.807, 2.05) is 25.9 Å². The van der Waals surface area contributed by atoms with E-state index in [0.717, 1.165) is 15.7 Å². The summed E-state index contributed by atoms with van der Waals surface area (Å²) in [5.74, 6) is 0. The zero-order chi connectivity index (χ0) is 9.30. The zero-order valence-corrected chi connectivity index (χ0v) is 8.64. The first-order chi connectivity index (χ1) is 5.52. The van der Waals surface area contributed by atoms with Gasteiger partial charge >= 0.3 is 0 Å². The maximum Gasteiger partial charge on any atom is 0.185 e. The monoisotopic (exact) mass is 186 g/mol. The average Bonchev–Trinajstić information content (AvgIpc) is 2.30. The number of nitrogens with zero attached hydrogens (tertiary/aromatic N) is 2. The molecule has 0 amide bonds. The third-order valence-electron chi connectivity index (χ3n) is 1.58. The molecule has 1 aromatic heterocycles. The Bertz CT molecular complexity index is 268. The number of aromatic nitrogens is 1. The van der Waals surface area contributed by atoms with E-state index in [0.29, 0.717) is 0 Å². The van der Waals surface area contributed by atoms with Crippen molar-refractivity contribution in [2.45, 2.75) is 20.0 Å². The summed E-state index contributed by atoms with van der Waals surface area (Å²) >= 11 is 1.54. The van der Waals surface area contributed by atoms with Crippen molar-refractivity contribution in [2.24, 2.45) is 0 Å². The molecule has 0 spiro atoms. The summed E-state index contributed by atoms with van der Waals surface area (Å²) in [6, 6.07) is 0. The van der Waals surface area contributed by atoms with Crippen molar-refractivity contribution in [1.29, 1.82) is 0 Å². The minimum absolute atomic E-state index is 0.406. The zero-order valence-electron chi connectivity index (χ0n) is 7.83. The van der Waals surface area contributed by atoms with E-state index < -0.39 is 6.10 Å². The molecular weight excluding hydrogens is 172 g/mol. The van der Waals surface area contributed by atoms with Gasteiger partial charge in [-0.2, -0.15) is 0 Å². The highest BCUT2D eigenvalue weighted by molar-refractivity contribution is 7.15. The third-order valence-corrected chi connectivity index (χ3v) is 3.08. The molecule has 1 heterocycles. The Morgan fingerprint density at radius 3 is 2.33 bits per heavy atom. The van der Waals surface area contributed by atoms with Gasteiger partial charge in [0.25, 0.3) is 0 Å². The Balaban J connectivity index is 3.00. The molecule has 0 aliphatic carbocycles. The molecule has 12 heavy (non-hydrogen) atoms. The van der Waals surface area contributed by atoms with E-state index in [1.54, 1.807) is 18.3 Å². The number of aryl methyl sites for hydroxylation is 1. The van der Waals surface area contributed by atoms with Crippen molar-refractivity contribution in [2.75, 3.05) is 19.0 Å². The largest absolute Gasteiger partial charge is 0.388 e. The summed E-state index contributed by atoms with van der Waals surface area (Å²) in [5.41, 5.74) is 0.929. The van der Waals surface area contributed by atoms with E-state index in [2.05, 4.69) is 4.98 Å². The van der Waals surface area contributed by atoms with Gasteiger partial charge in [0.15, 0.2) is 5.13 Å². The average molecular weight is 186 g/mol. The molecule has 1 atom stereocenters. The minimum atomic E-state index is -0.406. The van der Waals surface area contributed by atoms with Crippen LogP contribution in [0.25, 0.3) is 0 Å². The van der Waals surface area contributed by atoms with Crippen LogP contribution in [0.1, 0.15) is 23.6 Å². The highest BCUT2D eigenvalue weighted by Crippen LogP contribution is 2.29. The molecule has 0 aliphatic heterocycles. The number of aliphatic hydroxyl groups excluding tert-OH is 1. The Kier molecular flexibility index (Phi) is 2.69. The van der Waals surface area contributed by atoms with Crippen molar-refractivity contribution >= 4 is 16.5 Å². The molecule has 0 aliphatic rings. The molecule has 0 fully saturated rings. The van der Waals surface area contributed by atoms with Crippen LogP contribution in [0.15, 0.2) is 0 Å². The quantitative estimate of drug-likeness (QED) is 0.761. The van der Waals surface area contributed by atoms with Gasteiger partial charge in [0, 0.05) is 14.1 Å². The van der Waals surface area contributed by atoms with Crippen molar-refractivity contribution in [3.63, 3.8) is 0 Å². The summed E-state index contributed by atoms with van der Waals surface area (Å²) in [6.45, 7) is 3.69. The van der Waals surface area contributed by atoms with Crippen LogP contribution in [0.4, 0.5) is 5.13 Å². The van der Waals surface area contributed by atoms with Gasteiger partial charge in [0.05, 0.1) is 16.7 Å². The van der Waals surface area contributed by atoms with Gasteiger partial charge in [0.1, 0.15) is 0 Å². The van der Waals surface area contributed by atoms with Gasteiger partial charge in [-0.05, 0) is 13.8 Å². The number of hydrogen-bond donors (Lipinski definition) is 1. The highest BCUT2D eigenvalue weighted by Gasteiger charge is 2.12. The molecule has 3 nitrogen and oxygen atoms in total. The topological polar surface area (TPSA) is 36.4 Å². The molecule has 0 saturated heterocycles. The number of thiazole rings is 1. The lowest BCUT2D eigenvalue weighted by Crippen LogP contribution is -2.07. The fraction of sp³-hybridized carbons (Fsp3) is 0.625. The summed E-state index contributed by atoms with van der Waals surface area (Å²) in [5, 5.41) is 10.3. The third kappa shape index (κ3) is 1.76. The molecule has 0 radical (unpaired) electrons. The van der Waals surface area contributed by atoms with Crippen molar-refractivity contribution in [3.8, 4) is 0 Å². The predicted molar refractivity (Wildman–Crippen MR) is 51.8 cm³/mol. The van der Waals surface area contributed by atoms with Gasteiger partial charge in [-0.3, -0.25) is 0 Å². The van der Waals surface area contributed by atoms with Crippen LogP contribution in [0.3, 0.4) is 0 Å². The molecule has 0 aromatic carbocycles. The molecule has 0 bridgehead atoms. The lowest BCUT2D eigenvalue weighted by molar-refractivity contribution is 0.202. The molecule has 4 heteroatoms. The van der Waals surface area contributed by atoms with Crippen LogP contribution in [-0.4, -0.2) is 24.2 Å². The van der Waals surface area contributed by atoms with Crippen molar-refractivity contribution < 1.29 is 5.11 Å². The summed E-state index contributed by atoms with van der Waals surface area (Å²) in [4.78, 5) is 7.22. The Morgan fingerprint density at radius 1 is 1.50 bits per heavy atom. The van der Waals surface area contributed by atoms with Gasteiger partial charge in [-0.25, -0.2) is 4.98 Å². The maximum atomic E-state index is 9.35. The van der Waals surface area contributed by atoms with E-state index >= 15 is 0 Å². The molecule has 0 unspecified atom stereocenters. The first-order valence-electron chi connectivity index (χ1n) is 3.85. The van der Waals surface area contributed by atoms with Gasteiger partial charge in [0.2, 0.25) is 0 Å². The second-order valence-corrected chi connectivity index (χ2v) is 4.03. The minimum Gasteiger partial charge on any atom is -0.388 e. The number of anilines is 1. The standard InChI is InChI=1S/C8H14N2OS/c1-5-7(6(2)11)12-8(9-5)10(3)4/h6,11H,1-4H3/t6-/m0/s1. The smallest absolute Gasteiger partial charge is 0.185 e. The van der Waals surface area contributed by atoms with E-state index in [4.69, 9.17) is 0 Å². The first-order valence-corrected chi connectivity index (χ1v) is 4.66. The number of rotatable bonds is 2. The highest BCUT2D eigenvalue weighted by atomic mass is 32.1. The van der Waals surface area contributed by atoms with Gasteiger partial charge in [-0.1, -0.05) is 11.3 Å². The summed E-state index contributed by atoms with van der Waals surface area (Å²) in [7, 11) is 3.90. The van der Waals surface area contributed by atoms with E-state index in [9.17, 15) is 5.11 Å². The molecular formula is C8H14N2OS. The SMILES string of the molecule is Cc1nc(N(C)C)sc1[C@H](C)O. The summed E-state index contributed by atoms with van der Waals surface area (Å²) in [6.07, 6.45) is -0.406. The predicted octanol–water partition coefficient (Wildman–Crippen LogP) is 1.57. The second-order valence-electron chi connectivity index (χ2n) is 3.02. The van der Waals surface area contributed by atoms with Crippen LogP contribution in [-0.2, 0) is 0 Å². The van der Waals surface area contributed by atoms with Crippen molar-refractivity contribution in [1.82, 2.24) is 4.98 Å². The molecule has 68 valence electrons. The van der Waals surface area contributed by atoms with E-state index in [1.165, 1.54) is 0 Å². The Morgan fingerprint density at radius 2 is 2.08 bits per heavy atom. The van der Waals surface area contributed by atoms with Crippen molar-refractivity contribution in [3.05, 3.63) is 10.6 Å². The Labute approximate surface area is 76.7 Å². The summed E-state index contributed by atoms with van der Waals surface area (Å²) < 4.78 is 0. The number of hydrogen-bond acceptors (Lipinski definition) is 4. The number of aliphatic hydroxyl groups is 1. The van der Waals surface area contributed by atoms with Crippen LogP contribution >= 0.6 is 11.3 Å².